The summed E-state index contributed by atoms with van der Waals surface area (Å²) in [6.07, 6.45) is -8.04. The molecule has 1 radical (unpaired) electrons. The van der Waals surface area contributed by atoms with Crippen LogP contribution in [0.2, 0.25) is 0 Å². The van der Waals surface area contributed by atoms with Gasteiger partial charge in [-0.15, -0.1) is 0 Å². The van der Waals surface area contributed by atoms with Crippen LogP contribution in [-0.2, 0) is 14.4 Å². The van der Waals surface area contributed by atoms with Crippen LogP contribution in [0.25, 0.3) is 21.8 Å². The zero-order valence-corrected chi connectivity index (χ0v) is 40.7. The van der Waals surface area contributed by atoms with Crippen molar-refractivity contribution in [1.29, 1.82) is 0 Å². The molecule has 0 unspecified atom stereocenters. The van der Waals surface area contributed by atoms with Crippen molar-refractivity contribution in [3.63, 3.8) is 0 Å². The number of fused-ring (bicyclic) bond motifs is 9. The van der Waals surface area contributed by atoms with Crippen LogP contribution in [0.5, 0.6) is 0 Å². The Hall–Kier alpha value is -3.77. The summed E-state index contributed by atoms with van der Waals surface area (Å²) in [5.74, 6) is -9.25. The number of hydrogen-bond acceptors (Lipinski definition) is 8. The SMILES string of the molecule is CC1(C)[C@@H]2CC[C@@]1(C)C(=O)/C2=C(\[O-])C(F)(F)F.CC1(C)[C@@H]2CC[C@@]1(C)C(=O)/C2=C(\[O-])C(F)(F)F.CC1(C)[C@@H]2CC[C@@]1(C)C(=O)/C2=C(\[O-])C(F)(F)F.O.O.[Dy+3].c1cnc2c(c1)ccc1cccnc12. The van der Waals surface area contributed by atoms with Gasteiger partial charge in [0.1, 0.15) is 0 Å². The number of pyridine rings is 2. The minimum absolute atomic E-state index is 0. The fraction of sp³-hybridized carbons (Fsp3) is 0.562. The van der Waals surface area contributed by atoms with Gasteiger partial charge < -0.3 is 26.3 Å². The van der Waals surface area contributed by atoms with Gasteiger partial charge in [-0.2, -0.15) is 39.5 Å². The third kappa shape index (κ3) is 8.87. The number of hydrogen-bond donors (Lipinski definition) is 0. The van der Waals surface area contributed by atoms with Crippen molar-refractivity contribution in [3.05, 3.63) is 82.8 Å². The van der Waals surface area contributed by atoms with Gasteiger partial charge in [0.05, 0.1) is 11.0 Å². The first kappa shape index (κ1) is 58.5. The molecule has 6 saturated carbocycles. The fourth-order valence-electron chi connectivity index (χ4n) is 11.5. The topological polar surface area (TPSA) is 209 Å². The number of Topliss-reactive ketones (excluding diaryl/α,β-unsaturated/α-hetero) is 3. The largest absolute Gasteiger partial charge is 3.00 e. The smallest absolute Gasteiger partial charge is 0.869 e. The number of allylic oxidation sites excluding steroid dienone is 6. The van der Waals surface area contributed by atoms with E-state index in [0.717, 1.165) is 21.8 Å². The van der Waals surface area contributed by atoms with Gasteiger partial charge in [-0.25, -0.2) is 0 Å². The zero-order chi connectivity index (χ0) is 49.1. The molecule has 9 rings (SSSR count). The minimum Gasteiger partial charge on any atom is -0.869 e. The van der Waals surface area contributed by atoms with E-state index in [1.807, 2.05) is 12.1 Å². The van der Waals surface area contributed by atoms with Gasteiger partial charge >= 0.3 is 56.7 Å². The van der Waals surface area contributed by atoms with Gasteiger partial charge in [0.15, 0.2) is 17.3 Å². The fourth-order valence-corrected chi connectivity index (χ4v) is 11.5. The summed E-state index contributed by atoms with van der Waals surface area (Å²) >= 11 is 0. The van der Waals surface area contributed by atoms with Crippen molar-refractivity contribution < 1.29 is 118 Å². The van der Waals surface area contributed by atoms with Crippen LogP contribution in [-0.4, -0.2) is 56.8 Å². The van der Waals surface area contributed by atoms with Gasteiger partial charge in [0, 0.05) is 39.4 Å². The maximum Gasteiger partial charge on any atom is 3.00 e. The summed E-state index contributed by atoms with van der Waals surface area (Å²) < 4.78 is 112. The number of rotatable bonds is 0. The van der Waals surface area contributed by atoms with E-state index in [0.29, 0.717) is 38.5 Å². The average Bonchev–Trinajstić information content (AvgIpc) is 3.83. The molecule has 6 atom stereocenters. The first-order valence-electron chi connectivity index (χ1n) is 21.2. The van der Waals surface area contributed by atoms with Crippen LogP contribution in [0.15, 0.2) is 82.8 Å². The molecule has 0 saturated heterocycles. The first-order chi connectivity index (χ1) is 29.5. The van der Waals surface area contributed by atoms with Crippen LogP contribution in [0.3, 0.4) is 0 Å². The van der Waals surface area contributed by atoms with Gasteiger partial charge in [-0.05, 0) is 119 Å². The Morgan fingerprint density at radius 2 is 0.721 bits per heavy atom. The molecule has 6 bridgehead atoms. The molecule has 0 aliphatic heterocycles. The molecule has 1 aromatic carbocycles. The number of carbonyl (C=O) groups excluding carboxylic acids is 3. The Morgan fingerprint density at radius 1 is 0.485 bits per heavy atom. The van der Waals surface area contributed by atoms with Gasteiger partial charge in [0.2, 0.25) is 0 Å². The molecular weight excluding hydrogens is 1070 g/mol. The molecular formula is C48H54DyF9N2O8. The van der Waals surface area contributed by atoms with E-state index in [9.17, 15) is 69.2 Å². The second-order valence-corrected chi connectivity index (χ2v) is 20.4. The second-order valence-electron chi connectivity index (χ2n) is 20.4. The third-order valence-corrected chi connectivity index (χ3v) is 16.8. The predicted octanol–water partition coefficient (Wildman–Crippen LogP) is 7.70. The summed E-state index contributed by atoms with van der Waals surface area (Å²) in [6.45, 7) is 15.7. The number of aromatic nitrogens is 2. The minimum atomic E-state index is -4.94. The van der Waals surface area contributed by atoms with Gasteiger partial charge in [0.25, 0.3) is 0 Å². The summed E-state index contributed by atoms with van der Waals surface area (Å²) in [4.78, 5) is 44.8. The van der Waals surface area contributed by atoms with E-state index in [1.165, 1.54) is 0 Å². The van der Waals surface area contributed by atoms with E-state index in [4.69, 9.17) is 0 Å². The number of halogens is 9. The van der Waals surface area contributed by atoms with Gasteiger partial charge in [-0.3, -0.25) is 24.4 Å². The van der Waals surface area contributed by atoms with Crippen molar-refractivity contribution >= 4 is 39.2 Å². The molecule has 3 aromatic rings. The van der Waals surface area contributed by atoms with Crippen molar-refractivity contribution in [2.75, 3.05) is 0 Å². The van der Waals surface area contributed by atoms with Crippen molar-refractivity contribution in [2.45, 2.75) is 119 Å². The summed E-state index contributed by atoms with van der Waals surface area (Å²) in [7, 11) is 0. The Labute approximate surface area is 417 Å². The Balaban J connectivity index is 0.000000237. The monoisotopic (exact) mass is 1120 g/mol. The number of carbonyl (C=O) groups is 3. The molecule has 68 heavy (non-hydrogen) atoms. The quantitative estimate of drug-likeness (QED) is 0.0941. The molecule has 377 valence electrons. The van der Waals surface area contributed by atoms with Crippen molar-refractivity contribution in [2.24, 2.45) is 50.2 Å². The van der Waals surface area contributed by atoms with Crippen LogP contribution < -0.4 is 15.3 Å². The van der Waals surface area contributed by atoms with Crippen LogP contribution in [0.1, 0.15) is 101 Å². The number of nitrogens with zero attached hydrogens (tertiary/aromatic N) is 2. The Bertz CT molecular complexity index is 2340. The van der Waals surface area contributed by atoms with Crippen molar-refractivity contribution in [1.82, 2.24) is 9.97 Å². The molecule has 6 fully saturated rings. The zero-order valence-electron chi connectivity index (χ0n) is 38.7. The predicted molar refractivity (Wildman–Crippen MR) is 222 cm³/mol. The number of ketones is 3. The van der Waals surface area contributed by atoms with Crippen LogP contribution in [0.4, 0.5) is 39.5 Å². The second kappa shape index (κ2) is 18.8. The van der Waals surface area contributed by atoms with E-state index < -0.39 is 120 Å². The van der Waals surface area contributed by atoms with Gasteiger partial charge in [-0.1, -0.05) is 86.6 Å². The van der Waals surface area contributed by atoms with Crippen LogP contribution >= 0.6 is 0 Å². The molecule has 0 amide bonds. The molecule has 6 aliphatic rings. The van der Waals surface area contributed by atoms with Crippen LogP contribution in [0, 0.1) is 88.4 Å². The molecule has 20 heteroatoms. The summed E-state index contributed by atoms with van der Waals surface area (Å²) in [5, 5.41) is 36.2. The van der Waals surface area contributed by atoms with E-state index in [1.54, 1.807) is 74.7 Å². The standard InChI is InChI=1S/3C12H15F3O2.C12H8N2.Dy.2H2O/c3*1-10(2)6-4-5-11(10,3)8(16)7(6)9(17)12(13,14)15;1-3-9-5-6-10-4-2-8-14-12(10)11(9)13-7-1;;;/h3*6,17H,4-5H2,1-3H3;1-8H;;2*1H2/q;;;;+3;;/p-3/b3*9-7-;;;;/t3*6-,11+;;;;/m111..../s1. The number of alkyl halides is 9. The normalized spacial score (nSPS) is 31.3. The Kier molecular flexibility index (Phi) is 16.2. The first-order valence-corrected chi connectivity index (χ1v) is 21.2. The molecule has 10 nitrogen and oxygen atoms in total. The molecule has 0 spiro atoms. The summed E-state index contributed by atoms with van der Waals surface area (Å²) in [6, 6.07) is 12.1. The molecule has 2 aromatic heterocycles. The molecule has 2 heterocycles. The molecule has 4 N–H and O–H groups in total. The molecule has 6 aliphatic carbocycles. The number of benzene rings is 1. The van der Waals surface area contributed by atoms with Crippen molar-refractivity contribution in [3.8, 4) is 0 Å². The summed E-state index contributed by atoms with van der Waals surface area (Å²) in [5.41, 5.74) is -3.70. The maximum atomic E-state index is 12.5. The van der Waals surface area contributed by atoms with E-state index in [-0.39, 0.29) is 49.1 Å². The average molecular weight is 1120 g/mol. The van der Waals surface area contributed by atoms with E-state index in [2.05, 4.69) is 34.2 Å². The Morgan fingerprint density at radius 3 is 0.912 bits per heavy atom. The third-order valence-electron chi connectivity index (χ3n) is 16.8. The maximum absolute atomic E-state index is 12.5. The van der Waals surface area contributed by atoms with E-state index >= 15 is 0 Å².